The first-order valence-corrected chi connectivity index (χ1v) is 10.9. The molecule has 1 unspecified atom stereocenters. The van der Waals surface area contributed by atoms with E-state index in [-0.39, 0.29) is 22.5 Å². The van der Waals surface area contributed by atoms with Crippen molar-refractivity contribution in [1.29, 1.82) is 0 Å². The first kappa shape index (κ1) is 21.5. The second-order valence-electron chi connectivity index (χ2n) is 10.6. The van der Waals surface area contributed by atoms with Crippen molar-refractivity contribution in [2.75, 3.05) is 19.5 Å². The van der Waals surface area contributed by atoms with E-state index in [9.17, 15) is 4.79 Å². The predicted octanol–water partition coefficient (Wildman–Crippen LogP) is 6.20. The summed E-state index contributed by atoms with van der Waals surface area (Å²) >= 11 is 0. The SMILES string of the molecule is COc1cc2c(cc1OC)C(c1ccc(C(C)(C)C)cc1)C1=C(CC(C)(C)CC1=O)N2. The number of ketones is 1. The normalized spacial score (nSPS) is 20.0. The predicted molar refractivity (Wildman–Crippen MR) is 125 cm³/mol. The van der Waals surface area contributed by atoms with Crippen LogP contribution in [0.25, 0.3) is 0 Å². The first-order valence-electron chi connectivity index (χ1n) is 10.9. The highest BCUT2D eigenvalue weighted by molar-refractivity contribution is 6.01. The third-order valence-corrected chi connectivity index (χ3v) is 6.47. The van der Waals surface area contributed by atoms with Gasteiger partial charge in [0.05, 0.1) is 14.2 Å². The van der Waals surface area contributed by atoms with Gasteiger partial charge in [-0.15, -0.1) is 0 Å². The van der Waals surface area contributed by atoms with Crippen molar-refractivity contribution in [3.05, 3.63) is 64.4 Å². The summed E-state index contributed by atoms with van der Waals surface area (Å²) in [6.07, 6.45) is 1.41. The van der Waals surface area contributed by atoms with Gasteiger partial charge in [-0.25, -0.2) is 0 Å². The number of methoxy groups -OCH3 is 2. The van der Waals surface area contributed by atoms with Gasteiger partial charge in [-0.2, -0.15) is 0 Å². The van der Waals surface area contributed by atoms with E-state index < -0.39 is 0 Å². The van der Waals surface area contributed by atoms with E-state index in [1.807, 2.05) is 12.1 Å². The molecule has 0 saturated carbocycles. The Balaban J connectivity index is 1.92. The number of fused-ring (bicyclic) bond motifs is 1. The van der Waals surface area contributed by atoms with Gasteiger partial charge in [-0.1, -0.05) is 58.9 Å². The molecule has 164 valence electrons. The van der Waals surface area contributed by atoms with Crippen molar-refractivity contribution in [2.45, 2.75) is 58.8 Å². The molecule has 2 aromatic rings. The summed E-state index contributed by atoms with van der Waals surface area (Å²) in [4.78, 5) is 13.4. The number of nitrogens with one attached hydrogen (secondary N) is 1. The number of rotatable bonds is 3. The van der Waals surface area contributed by atoms with E-state index in [0.717, 1.165) is 34.5 Å². The number of allylic oxidation sites excluding steroid dienone is 2. The van der Waals surface area contributed by atoms with Gasteiger partial charge in [-0.3, -0.25) is 4.79 Å². The zero-order valence-corrected chi connectivity index (χ0v) is 19.7. The molecule has 0 fully saturated rings. The van der Waals surface area contributed by atoms with E-state index in [4.69, 9.17) is 9.47 Å². The summed E-state index contributed by atoms with van der Waals surface area (Å²) in [6, 6.07) is 12.7. The van der Waals surface area contributed by atoms with Crippen LogP contribution in [-0.4, -0.2) is 20.0 Å². The van der Waals surface area contributed by atoms with Gasteiger partial charge < -0.3 is 14.8 Å². The molecule has 31 heavy (non-hydrogen) atoms. The molecule has 2 aromatic carbocycles. The van der Waals surface area contributed by atoms with Crippen LogP contribution >= 0.6 is 0 Å². The lowest BCUT2D eigenvalue weighted by atomic mass is 9.68. The van der Waals surface area contributed by atoms with Crippen LogP contribution in [0.15, 0.2) is 47.7 Å². The van der Waals surface area contributed by atoms with Gasteiger partial charge in [0.1, 0.15) is 0 Å². The van der Waals surface area contributed by atoms with Gasteiger partial charge in [0.25, 0.3) is 0 Å². The van der Waals surface area contributed by atoms with Crippen LogP contribution in [0.5, 0.6) is 11.5 Å². The number of carbonyl (C=O) groups is 1. The third kappa shape index (κ3) is 3.84. The topological polar surface area (TPSA) is 47.6 Å². The molecule has 0 radical (unpaired) electrons. The number of Topliss-reactive ketones (excluding diaryl/α,β-unsaturated/α-hetero) is 1. The summed E-state index contributed by atoms with van der Waals surface area (Å²) in [7, 11) is 3.29. The molecule has 0 spiro atoms. The molecule has 1 aliphatic carbocycles. The summed E-state index contributed by atoms with van der Waals surface area (Å²) in [5.74, 6) is 1.46. The smallest absolute Gasteiger partial charge is 0.162 e. The van der Waals surface area contributed by atoms with Gasteiger partial charge in [0, 0.05) is 35.4 Å². The van der Waals surface area contributed by atoms with Gasteiger partial charge >= 0.3 is 0 Å². The van der Waals surface area contributed by atoms with E-state index in [2.05, 4.69) is 64.2 Å². The Labute approximate surface area is 185 Å². The van der Waals surface area contributed by atoms with Crippen molar-refractivity contribution in [1.82, 2.24) is 0 Å². The molecule has 0 amide bonds. The van der Waals surface area contributed by atoms with Crippen LogP contribution in [-0.2, 0) is 10.2 Å². The van der Waals surface area contributed by atoms with Crippen LogP contribution in [0.1, 0.15) is 70.1 Å². The summed E-state index contributed by atoms with van der Waals surface area (Å²) in [5.41, 5.74) is 6.38. The Morgan fingerprint density at radius 2 is 1.58 bits per heavy atom. The van der Waals surface area contributed by atoms with Gasteiger partial charge in [0.2, 0.25) is 0 Å². The van der Waals surface area contributed by atoms with E-state index in [0.29, 0.717) is 17.9 Å². The average Bonchev–Trinajstić information content (AvgIpc) is 2.69. The Bertz CT molecular complexity index is 1060. The lowest BCUT2D eigenvalue weighted by Gasteiger charge is -2.39. The molecular formula is C27H33NO3. The number of hydrogen-bond acceptors (Lipinski definition) is 4. The van der Waals surface area contributed by atoms with Crippen molar-refractivity contribution in [2.24, 2.45) is 5.41 Å². The molecule has 4 rings (SSSR count). The Hall–Kier alpha value is -2.75. The fourth-order valence-corrected chi connectivity index (χ4v) is 4.86. The zero-order chi connectivity index (χ0) is 22.6. The maximum Gasteiger partial charge on any atom is 0.162 e. The molecule has 1 atom stereocenters. The Kier molecular flexibility index (Phi) is 5.15. The Morgan fingerprint density at radius 3 is 2.16 bits per heavy atom. The van der Waals surface area contributed by atoms with Gasteiger partial charge in [0.15, 0.2) is 17.3 Å². The largest absolute Gasteiger partial charge is 0.493 e. The van der Waals surface area contributed by atoms with E-state index in [1.54, 1.807) is 14.2 Å². The molecule has 0 bridgehead atoms. The fraction of sp³-hybridized carbons (Fsp3) is 0.444. The molecule has 4 nitrogen and oxygen atoms in total. The first-order chi connectivity index (χ1) is 14.5. The second-order valence-corrected chi connectivity index (χ2v) is 10.6. The minimum Gasteiger partial charge on any atom is -0.493 e. The monoisotopic (exact) mass is 419 g/mol. The van der Waals surface area contributed by atoms with Crippen LogP contribution in [0.2, 0.25) is 0 Å². The van der Waals surface area contributed by atoms with Crippen LogP contribution < -0.4 is 14.8 Å². The Morgan fingerprint density at radius 1 is 0.968 bits per heavy atom. The average molecular weight is 420 g/mol. The standard InChI is InChI=1S/C27H33NO3/c1-26(2,3)17-10-8-16(9-11-17)24-18-12-22(30-6)23(31-7)13-19(18)28-20-14-27(4,5)15-21(29)25(20)24/h8-13,24,28H,14-15H2,1-7H3. The molecule has 1 aliphatic heterocycles. The van der Waals surface area contributed by atoms with E-state index >= 15 is 0 Å². The quantitative estimate of drug-likeness (QED) is 0.643. The molecule has 0 saturated heterocycles. The summed E-state index contributed by atoms with van der Waals surface area (Å²) < 4.78 is 11.1. The third-order valence-electron chi connectivity index (χ3n) is 6.47. The summed E-state index contributed by atoms with van der Waals surface area (Å²) in [5, 5.41) is 3.57. The number of ether oxygens (including phenoxy) is 2. The number of hydrogen-bond donors (Lipinski definition) is 1. The molecule has 1 N–H and O–H groups in total. The summed E-state index contributed by atoms with van der Waals surface area (Å²) in [6.45, 7) is 11.0. The van der Waals surface area contributed by atoms with Crippen LogP contribution in [0.4, 0.5) is 5.69 Å². The highest BCUT2D eigenvalue weighted by Crippen LogP contribution is 2.51. The fourth-order valence-electron chi connectivity index (χ4n) is 4.86. The minimum atomic E-state index is -0.122. The highest BCUT2D eigenvalue weighted by Gasteiger charge is 2.41. The van der Waals surface area contributed by atoms with Crippen molar-refractivity contribution >= 4 is 11.5 Å². The van der Waals surface area contributed by atoms with E-state index in [1.165, 1.54) is 5.56 Å². The zero-order valence-electron chi connectivity index (χ0n) is 19.7. The van der Waals surface area contributed by atoms with Crippen molar-refractivity contribution < 1.29 is 14.3 Å². The van der Waals surface area contributed by atoms with Crippen LogP contribution in [0.3, 0.4) is 0 Å². The molecule has 0 aromatic heterocycles. The highest BCUT2D eigenvalue weighted by atomic mass is 16.5. The van der Waals surface area contributed by atoms with Crippen LogP contribution in [0, 0.1) is 5.41 Å². The number of anilines is 1. The number of benzene rings is 2. The lowest BCUT2D eigenvalue weighted by Crippen LogP contribution is -2.33. The van der Waals surface area contributed by atoms with Crippen molar-refractivity contribution in [3.63, 3.8) is 0 Å². The van der Waals surface area contributed by atoms with Gasteiger partial charge in [-0.05, 0) is 40.0 Å². The molecular weight excluding hydrogens is 386 g/mol. The number of carbonyl (C=O) groups excluding carboxylic acids is 1. The molecule has 1 heterocycles. The second kappa shape index (κ2) is 7.44. The van der Waals surface area contributed by atoms with Crippen molar-refractivity contribution in [3.8, 4) is 11.5 Å². The lowest BCUT2D eigenvalue weighted by molar-refractivity contribution is -0.118. The minimum absolute atomic E-state index is 0.0579. The maximum absolute atomic E-state index is 13.4. The molecule has 4 heteroatoms. The molecule has 2 aliphatic rings. The maximum atomic E-state index is 13.4.